The number of amides is 1. The Morgan fingerprint density at radius 1 is 1.41 bits per heavy atom. The van der Waals surface area contributed by atoms with Crippen LogP contribution in [0, 0.1) is 6.92 Å². The molecule has 7 heteroatoms. The number of carbonyl (C=O) groups excluding carboxylic acids is 1. The van der Waals surface area contributed by atoms with E-state index in [0.717, 1.165) is 30.8 Å². The normalized spacial score (nSPS) is 18.4. The Hall–Kier alpha value is -2.44. The summed E-state index contributed by atoms with van der Waals surface area (Å²) in [5, 5.41) is 11.1. The minimum absolute atomic E-state index is 0.00376. The van der Waals surface area contributed by atoms with Crippen molar-refractivity contribution in [3.8, 4) is 0 Å². The highest BCUT2D eigenvalue weighted by molar-refractivity contribution is 5.76. The summed E-state index contributed by atoms with van der Waals surface area (Å²) in [6.45, 7) is 3.18. The molecule has 1 amide bonds. The Morgan fingerprint density at radius 2 is 2.27 bits per heavy atom. The molecule has 2 aromatic heterocycles. The van der Waals surface area contributed by atoms with E-state index in [-0.39, 0.29) is 23.9 Å². The van der Waals surface area contributed by atoms with Crippen molar-refractivity contribution in [2.45, 2.75) is 32.2 Å². The van der Waals surface area contributed by atoms with E-state index in [9.17, 15) is 9.59 Å². The molecule has 1 aliphatic rings. The topological polar surface area (TPSA) is 83.9 Å². The number of hydrogen-bond donors (Lipinski definition) is 1. The monoisotopic (exact) mass is 301 g/mol. The largest absolute Gasteiger partial charge is 0.340 e. The summed E-state index contributed by atoms with van der Waals surface area (Å²) >= 11 is 0. The van der Waals surface area contributed by atoms with E-state index in [0.29, 0.717) is 6.54 Å². The van der Waals surface area contributed by atoms with Gasteiger partial charge in [-0.15, -0.1) is 0 Å². The number of aromatic nitrogens is 4. The lowest BCUT2D eigenvalue weighted by molar-refractivity contribution is -0.133. The first-order valence-electron chi connectivity index (χ1n) is 7.45. The van der Waals surface area contributed by atoms with Crippen molar-refractivity contribution in [2.24, 2.45) is 0 Å². The zero-order valence-corrected chi connectivity index (χ0v) is 12.5. The molecule has 1 aliphatic heterocycles. The zero-order chi connectivity index (χ0) is 15.5. The van der Waals surface area contributed by atoms with E-state index in [1.165, 1.54) is 10.7 Å². The summed E-state index contributed by atoms with van der Waals surface area (Å²) < 4.78 is 1.23. The van der Waals surface area contributed by atoms with Crippen molar-refractivity contribution in [1.82, 2.24) is 24.9 Å². The standard InChI is InChI=1S/C15H19N5O2/c1-11-4-5-14(21)20(18-11)10-15(22)19-8-2-3-12(9-19)13-6-7-16-17-13/h4-7,12H,2-3,8-10H2,1H3,(H,16,17). The molecule has 1 unspecified atom stereocenters. The fourth-order valence-corrected chi connectivity index (χ4v) is 2.84. The van der Waals surface area contributed by atoms with Crippen LogP contribution in [0.15, 0.2) is 29.2 Å². The van der Waals surface area contributed by atoms with Gasteiger partial charge in [0.2, 0.25) is 5.91 Å². The molecule has 0 aliphatic carbocycles. The number of nitrogens with one attached hydrogen (secondary N) is 1. The molecule has 1 N–H and O–H groups in total. The molecule has 7 nitrogen and oxygen atoms in total. The molecule has 0 bridgehead atoms. The van der Waals surface area contributed by atoms with Gasteiger partial charge in [-0.3, -0.25) is 14.7 Å². The Kier molecular flexibility index (Phi) is 4.04. The van der Waals surface area contributed by atoms with Crippen LogP contribution in [-0.2, 0) is 11.3 Å². The quantitative estimate of drug-likeness (QED) is 0.903. The Labute approximate surface area is 128 Å². The maximum absolute atomic E-state index is 12.4. The van der Waals surface area contributed by atoms with Crippen LogP contribution in [0.4, 0.5) is 0 Å². The number of likely N-dealkylation sites (tertiary alicyclic amines) is 1. The Bertz CT molecular complexity index is 707. The number of piperidine rings is 1. The van der Waals surface area contributed by atoms with E-state index < -0.39 is 0 Å². The van der Waals surface area contributed by atoms with Crippen LogP contribution < -0.4 is 5.56 Å². The molecule has 22 heavy (non-hydrogen) atoms. The van der Waals surface area contributed by atoms with Crippen molar-refractivity contribution in [3.63, 3.8) is 0 Å². The number of carbonyl (C=O) groups is 1. The van der Waals surface area contributed by atoms with Crippen molar-refractivity contribution in [1.29, 1.82) is 0 Å². The number of H-pyrrole nitrogens is 1. The summed E-state index contributed by atoms with van der Waals surface area (Å²) in [5.41, 5.74) is 1.53. The van der Waals surface area contributed by atoms with Gasteiger partial charge in [0, 0.05) is 37.0 Å². The first-order chi connectivity index (χ1) is 10.6. The molecule has 0 radical (unpaired) electrons. The van der Waals surface area contributed by atoms with Gasteiger partial charge in [-0.1, -0.05) is 0 Å². The molecule has 0 aromatic carbocycles. The summed E-state index contributed by atoms with van der Waals surface area (Å²) in [6.07, 6.45) is 3.71. The molecule has 1 fully saturated rings. The number of aromatic amines is 1. The maximum atomic E-state index is 12.4. The van der Waals surface area contributed by atoms with E-state index >= 15 is 0 Å². The van der Waals surface area contributed by atoms with Crippen molar-refractivity contribution in [2.75, 3.05) is 13.1 Å². The van der Waals surface area contributed by atoms with Gasteiger partial charge >= 0.3 is 0 Å². The van der Waals surface area contributed by atoms with Crippen molar-refractivity contribution < 1.29 is 4.79 Å². The van der Waals surface area contributed by atoms with Crippen LogP contribution in [0.1, 0.15) is 30.1 Å². The zero-order valence-electron chi connectivity index (χ0n) is 12.5. The predicted molar refractivity (Wildman–Crippen MR) is 80.4 cm³/mol. The molecule has 1 atom stereocenters. The highest BCUT2D eigenvalue weighted by atomic mass is 16.2. The summed E-state index contributed by atoms with van der Waals surface area (Å²) in [5.74, 6) is 0.215. The van der Waals surface area contributed by atoms with Gasteiger partial charge < -0.3 is 4.90 Å². The fraction of sp³-hybridized carbons (Fsp3) is 0.467. The van der Waals surface area contributed by atoms with Gasteiger partial charge in [-0.2, -0.15) is 10.2 Å². The average molecular weight is 301 g/mol. The van der Waals surface area contributed by atoms with Crippen LogP contribution in [0.3, 0.4) is 0 Å². The first-order valence-corrected chi connectivity index (χ1v) is 7.45. The van der Waals surface area contributed by atoms with E-state index in [1.54, 1.807) is 19.2 Å². The average Bonchev–Trinajstić information content (AvgIpc) is 3.05. The first kappa shape index (κ1) is 14.5. The molecular weight excluding hydrogens is 282 g/mol. The van der Waals surface area contributed by atoms with Gasteiger partial charge in [0.05, 0.1) is 5.69 Å². The Morgan fingerprint density at radius 3 is 3.05 bits per heavy atom. The minimum Gasteiger partial charge on any atom is -0.340 e. The van der Waals surface area contributed by atoms with Crippen LogP contribution in [0.25, 0.3) is 0 Å². The Balaban J connectivity index is 1.69. The molecule has 116 valence electrons. The summed E-state index contributed by atoms with van der Waals surface area (Å²) in [4.78, 5) is 26.0. The highest BCUT2D eigenvalue weighted by Crippen LogP contribution is 2.25. The molecule has 0 saturated carbocycles. The molecule has 2 aromatic rings. The summed E-state index contributed by atoms with van der Waals surface area (Å²) in [7, 11) is 0. The fourth-order valence-electron chi connectivity index (χ4n) is 2.84. The molecule has 3 rings (SSSR count). The van der Waals surface area contributed by atoms with E-state index in [4.69, 9.17) is 0 Å². The maximum Gasteiger partial charge on any atom is 0.267 e. The van der Waals surface area contributed by atoms with Crippen LogP contribution in [-0.4, -0.2) is 43.9 Å². The van der Waals surface area contributed by atoms with Gasteiger partial charge in [0.15, 0.2) is 0 Å². The number of nitrogens with zero attached hydrogens (tertiary/aromatic N) is 4. The third-order valence-electron chi connectivity index (χ3n) is 4.02. The second kappa shape index (κ2) is 6.13. The van der Waals surface area contributed by atoms with Crippen LogP contribution >= 0.6 is 0 Å². The molecule has 1 saturated heterocycles. The second-order valence-corrected chi connectivity index (χ2v) is 5.66. The third kappa shape index (κ3) is 3.08. The molecule has 3 heterocycles. The van der Waals surface area contributed by atoms with E-state index in [1.807, 2.05) is 11.0 Å². The lowest BCUT2D eigenvalue weighted by Crippen LogP contribution is -2.42. The number of hydrogen-bond acceptors (Lipinski definition) is 4. The summed E-state index contributed by atoms with van der Waals surface area (Å²) in [6, 6.07) is 5.04. The number of aryl methyl sites for hydroxylation is 1. The predicted octanol–water partition coefficient (Wildman–Crippen LogP) is 0.681. The third-order valence-corrected chi connectivity index (χ3v) is 4.02. The lowest BCUT2D eigenvalue weighted by Gasteiger charge is -2.32. The minimum atomic E-state index is -0.249. The van der Waals surface area contributed by atoms with Crippen molar-refractivity contribution >= 4 is 5.91 Å². The van der Waals surface area contributed by atoms with Gasteiger partial charge in [0.25, 0.3) is 5.56 Å². The number of rotatable bonds is 3. The van der Waals surface area contributed by atoms with Crippen LogP contribution in [0.2, 0.25) is 0 Å². The van der Waals surface area contributed by atoms with E-state index in [2.05, 4.69) is 15.3 Å². The van der Waals surface area contributed by atoms with Gasteiger partial charge in [0.1, 0.15) is 6.54 Å². The molecule has 0 spiro atoms. The lowest BCUT2D eigenvalue weighted by atomic mass is 9.95. The second-order valence-electron chi connectivity index (χ2n) is 5.66. The van der Waals surface area contributed by atoms with Crippen LogP contribution in [0.5, 0.6) is 0 Å². The van der Waals surface area contributed by atoms with Gasteiger partial charge in [-0.25, -0.2) is 4.68 Å². The smallest absolute Gasteiger partial charge is 0.267 e. The molecular formula is C15H19N5O2. The van der Waals surface area contributed by atoms with Crippen molar-refractivity contribution in [3.05, 3.63) is 46.1 Å². The highest BCUT2D eigenvalue weighted by Gasteiger charge is 2.25. The SMILES string of the molecule is Cc1ccc(=O)n(CC(=O)N2CCCC(c3ccn[nH]3)C2)n1. The van der Waals surface area contributed by atoms with Gasteiger partial charge in [-0.05, 0) is 31.9 Å².